The van der Waals surface area contributed by atoms with Crippen molar-refractivity contribution in [1.82, 2.24) is 5.32 Å². The van der Waals surface area contributed by atoms with Gasteiger partial charge in [0.2, 0.25) is 0 Å². The van der Waals surface area contributed by atoms with Crippen molar-refractivity contribution in [3.63, 3.8) is 0 Å². The molecule has 0 atom stereocenters. The van der Waals surface area contributed by atoms with Gasteiger partial charge in [0.1, 0.15) is 5.75 Å². The van der Waals surface area contributed by atoms with Gasteiger partial charge < -0.3 is 15.4 Å². The van der Waals surface area contributed by atoms with E-state index in [9.17, 15) is 4.79 Å². The summed E-state index contributed by atoms with van der Waals surface area (Å²) >= 11 is 15.3. The number of carbonyl (C=O) groups excluding carboxylic acids is 1. The Kier molecular flexibility index (Phi) is 5.91. The number of benzene rings is 3. The van der Waals surface area contributed by atoms with Crippen LogP contribution in [-0.4, -0.2) is 13.1 Å². The molecule has 0 aliphatic rings. The second-order valence-electron chi connectivity index (χ2n) is 5.55. The highest BCUT2D eigenvalue weighted by molar-refractivity contribution is 9.10. The molecule has 2 N–H and O–H groups in total. The van der Waals surface area contributed by atoms with Gasteiger partial charge in [-0.15, -0.1) is 0 Å². The van der Waals surface area contributed by atoms with Crippen LogP contribution in [0.1, 0.15) is 5.56 Å². The van der Waals surface area contributed by atoms with Crippen molar-refractivity contribution in [2.75, 3.05) is 12.4 Å². The first-order valence-electron chi connectivity index (χ1n) is 7.73. The Bertz CT molecular complexity index is 979. The number of rotatable bonds is 4. The van der Waals surface area contributed by atoms with Crippen LogP contribution in [-0.2, 0) is 6.54 Å². The van der Waals surface area contributed by atoms with E-state index in [0.717, 1.165) is 26.6 Å². The molecule has 0 unspecified atom stereocenters. The SMILES string of the molecule is COc1ccc2cc(Br)ccc2c1CNC(=O)Nc1ccc(Cl)c(Cl)c1. The number of hydrogen-bond acceptors (Lipinski definition) is 2. The van der Waals surface area contributed by atoms with E-state index in [0.29, 0.717) is 22.3 Å². The van der Waals surface area contributed by atoms with Crippen molar-refractivity contribution in [1.29, 1.82) is 0 Å². The fraction of sp³-hybridized carbons (Fsp3) is 0.105. The maximum absolute atomic E-state index is 12.2. The van der Waals surface area contributed by atoms with Gasteiger partial charge in [0.05, 0.1) is 17.2 Å². The van der Waals surface area contributed by atoms with Crippen molar-refractivity contribution in [3.05, 3.63) is 68.6 Å². The summed E-state index contributed by atoms with van der Waals surface area (Å²) < 4.78 is 6.44. The van der Waals surface area contributed by atoms with E-state index in [1.165, 1.54) is 0 Å². The van der Waals surface area contributed by atoms with Crippen LogP contribution in [0.3, 0.4) is 0 Å². The number of carbonyl (C=O) groups is 1. The average Bonchev–Trinajstić information content (AvgIpc) is 2.62. The van der Waals surface area contributed by atoms with Gasteiger partial charge in [-0.25, -0.2) is 4.79 Å². The molecule has 134 valence electrons. The zero-order valence-electron chi connectivity index (χ0n) is 13.8. The fourth-order valence-electron chi connectivity index (χ4n) is 2.64. The van der Waals surface area contributed by atoms with Gasteiger partial charge in [0.25, 0.3) is 0 Å². The summed E-state index contributed by atoms with van der Waals surface area (Å²) in [5.74, 6) is 0.717. The van der Waals surface area contributed by atoms with Crippen LogP contribution in [0.15, 0.2) is 53.0 Å². The normalized spacial score (nSPS) is 10.6. The van der Waals surface area contributed by atoms with Crippen molar-refractivity contribution in [2.45, 2.75) is 6.54 Å². The summed E-state index contributed by atoms with van der Waals surface area (Å²) in [5, 5.41) is 8.47. The minimum Gasteiger partial charge on any atom is -0.496 e. The van der Waals surface area contributed by atoms with E-state index >= 15 is 0 Å². The Hall–Kier alpha value is -1.95. The van der Waals surface area contributed by atoms with Gasteiger partial charge in [0, 0.05) is 22.3 Å². The molecule has 3 aromatic rings. The number of urea groups is 1. The molecule has 0 heterocycles. The van der Waals surface area contributed by atoms with E-state index in [1.54, 1.807) is 25.3 Å². The van der Waals surface area contributed by atoms with Gasteiger partial charge >= 0.3 is 6.03 Å². The molecule has 2 amide bonds. The Morgan fingerprint density at radius 2 is 1.88 bits per heavy atom. The van der Waals surface area contributed by atoms with Gasteiger partial charge in [-0.2, -0.15) is 0 Å². The van der Waals surface area contributed by atoms with Crippen LogP contribution in [0.25, 0.3) is 10.8 Å². The Morgan fingerprint density at radius 1 is 1.08 bits per heavy atom. The van der Waals surface area contributed by atoms with E-state index in [4.69, 9.17) is 27.9 Å². The Balaban J connectivity index is 1.78. The van der Waals surface area contributed by atoms with Crippen LogP contribution in [0.2, 0.25) is 10.0 Å². The molecule has 0 saturated heterocycles. The molecule has 0 spiro atoms. The number of anilines is 1. The minimum absolute atomic E-state index is 0.315. The van der Waals surface area contributed by atoms with Crippen LogP contribution in [0, 0.1) is 0 Å². The highest BCUT2D eigenvalue weighted by atomic mass is 79.9. The first-order valence-corrected chi connectivity index (χ1v) is 9.28. The topological polar surface area (TPSA) is 50.4 Å². The van der Waals surface area contributed by atoms with Crippen LogP contribution in [0.5, 0.6) is 5.75 Å². The van der Waals surface area contributed by atoms with E-state index in [2.05, 4.69) is 26.6 Å². The molecule has 0 bridgehead atoms. The van der Waals surface area contributed by atoms with Crippen molar-refractivity contribution >= 4 is 61.6 Å². The van der Waals surface area contributed by atoms with Crippen molar-refractivity contribution in [2.24, 2.45) is 0 Å². The highest BCUT2D eigenvalue weighted by Gasteiger charge is 2.11. The lowest BCUT2D eigenvalue weighted by Crippen LogP contribution is -2.28. The number of ether oxygens (including phenoxy) is 1. The zero-order valence-corrected chi connectivity index (χ0v) is 16.9. The third-order valence-electron chi connectivity index (χ3n) is 3.87. The predicted molar refractivity (Wildman–Crippen MR) is 111 cm³/mol. The van der Waals surface area contributed by atoms with Crippen LogP contribution >= 0.6 is 39.1 Å². The standard InChI is InChI=1S/C19H15BrCl2N2O2/c1-26-18-7-2-11-8-12(20)3-5-14(11)15(18)10-23-19(25)24-13-4-6-16(21)17(22)9-13/h2-9H,10H2,1H3,(H2,23,24,25). The van der Waals surface area contributed by atoms with E-state index in [1.807, 2.05) is 30.3 Å². The molecule has 3 rings (SSSR count). The number of hydrogen-bond donors (Lipinski definition) is 2. The predicted octanol–water partition coefficient (Wildman–Crippen LogP) is 6.24. The molecular weight excluding hydrogens is 439 g/mol. The molecule has 0 saturated carbocycles. The van der Waals surface area contributed by atoms with Crippen LogP contribution < -0.4 is 15.4 Å². The lowest BCUT2D eigenvalue weighted by Gasteiger charge is -2.14. The van der Waals surface area contributed by atoms with Gasteiger partial charge in [-0.3, -0.25) is 0 Å². The van der Waals surface area contributed by atoms with Crippen molar-refractivity contribution in [3.8, 4) is 5.75 Å². The molecular formula is C19H15BrCl2N2O2. The summed E-state index contributed by atoms with van der Waals surface area (Å²) in [6.45, 7) is 0.315. The third kappa shape index (κ3) is 4.23. The monoisotopic (exact) mass is 452 g/mol. The molecule has 0 aromatic heterocycles. The molecule has 7 heteroatoms. The van der Waals surface area contributed by atoms with Crippen molar-refractivity contribution < 1.29 is 9.53 Å². The molecule has 0 aliphatic heterocycles. The molecule has 4 nitrogen and oxygen atoms in total. The van der Waals surface area contributed by atoms with E-state index in [-0.39, 0.29) is 6.03 Å². The maximum atomic E-state index is 12.2. The minimum atomic E-state index is -0.348. The quantitative estimate of drug-likeness (QED) is 0.491. The fourth-order valence-corrected chi connectivity index (χ4v) is 3.31. The first-order chi connectivity index (χ1) is 12.5. The number of methoxy groups -OCH3 is 1. The molecule has 0 radical (unpaired) electrons. The maximum Gasteiger partial charge on any atom is 0.319 e. The molecule has 26 heavy (non-hydrogen) atoms. The van der Waals surface area contributed by atoms with E-state index < -0.39 is 0 Å². The van der Waals surface area contributed by atoms with Gasteiger partial charge in [-0.05, 0) is 47.2 Å². The summed E-state index contributed by atoms with van der Waals surface area (Å²) in [7, 11) is 1.61. The van der Waals surface area contributed by atoms with Gasteiger partial charge in [0.15, 0.2) is 0 Å². The number of fused-ring (bicyclic) bond motifs is 1. The first kappa shape index (κ1) is 18.8. The second-order valence-corrected chi connectivity index (χ2v) is 7.28. The van der Waals surface area contributed by atoms with Gasteiger partial charge in [-0.1, -0.05) is 51.3 Å². The smallest absolute Gasteiger partial charge is 0.319 e. The summed E-state index contributed by atoms with van der Waals surface area (Å²) in [5.41, 5.74) is 1.47. The summed E-state index contributed by atoms with van der Waals surface area (Å²) in [4.78, 5) is 12.2. The molecule has 0 aliphatic carbocycles. The Labute approximate surface area is 169 Å². The zero-order chi connectivity index (χ0) is 18.7. The Morgan fingerprint density at radius 3 is 2.62 bits per heavy atom. The average molecular weight is 454 g/mol. The van der Waals surface area contributed by atoms with Crippen LogP contribution in [0.4, 0.5) is 10.5 Å². The number of halogens is 3. The summed E-state index contributed by atoms with van der Waals surface area (Å²) in [6.07, 6.45) is 0. The molecule has 0 fully saturated rings. The lowest BCUT2D eigenvalue weighted by molar-refractivity contribution is 0.251. The summed E-state index contributed by atoms with van der Waals surface area (Å²) in [6, 6.07) is 14.4. The lowest BCUT2D eigenvalue weighted by atomic mass is 10.0. The largest absolute Gasteiger partial charge is 0.496 e. The third-order valence-corrected chi connectivity index (χ3v) is 5.11. The highest BCUT2D eigenvalue weighted by Crippen LogP contribution is 2.30. The number of amides is 2. The molecule has 3 aromatic carbocycles. The number of nitrogens with one attached hydrogen (secondary N) is 2. The second kappa shape index (κ2) is 8.16.